The molecule has 21 heteroatoms. The average molecular weight is 979 g/mol. The van der Waals surface area contributed by atoms with Gasteiger partial charge in [-0.3, -0.25) is 53.6 Å². The predicted molar refractivity (Wildman–Crippen MR) is 210 cm³/mol. The van der Waals surface area contributed by atoms with Crippen molar-refractivity contribution in [1.29, 1.82) is 0 Å². The molecule has 1 aliphatic heterocycles. The first-order valence-electron chi connectivity index (χ1n) is 18.5. The van der Waals surface area contributed by atoms with Crippen LogP contribution in [0.2, 0.25) is 0 Å². The second-order valence-corrected chi connectivity index (χ2v) is 15.7. The van der Waals surface area contributed by atoms with Gasteiger partial charge in [0.05, 0.1) is 26.2 Å². The molecule has 0 aromatic heterocycles. The summed E-state index contributed by atoms with van der Waals surface area (Å²) in [5.41, 5.74) is 16.0. The topological polar surface area (TPSA) is 265 Å². The molecular weight excluding hydrogens is 923 g/mol. The third kappa shape index (κ3) is 17.1. The Hall–Kier alpha value is -3.30. The smallest absolute Gasteiger partial charge is 0.480 e. The van der Waals surface area contributed by atoms with E-state index >= 15 is 0 Å². The second kappa shape index (κ2) is 24.1. The Morgan fingerprint density at radius 1 is 0.741 bits per heavy atom. The Morgan fingerprint density at radius 3 is 1.72 bits per heavy atom. The predicted octanol–water partition coefficient (Wildman–Crippen LogP) is 1.72. The zero-order valence-corrected chi connectivity index (χ0v) is 36.7. The van der Waals surface area contributed by atoms with Crippen LogP contribution >= 0.6 is 7.82 Å². The number of hydrazine groups is 1. The quantitative estimate of drug-likeness (QED) is 0.0718. The number of nitrogens with two attached hydrogens (primary N) is 1. The van der Waals surface area contributed by atoms with Crippen LogP contribution in [0.4, 0.5) is 4.79 Å². The number of carbonyl (C=O) groups is 5. The van der Waals surface area contributed by atoms with Crippen molar-refractivity contribution in [2.75, 3.05) is 78.6 Å². The maximum atomic E-state index is 13.1. The van der Waals surface area contributed by atoms with E-state index in [0.29, 0.717) is 5.56 Å². The molecule has 2 atom stereocenters. The number of amides is 3. The zero-order chi connectivity index (χ0) is 42.4. The van der Waals surface area contributed by atoms with E-state index in [9.17, 15) is 48.8 Å². The van der Waals surface area contributed by atoms with Crippen LogP contribution in [0.3, 0.4) is 0 Å². The molecule has 2 aromatic rings. The number of phosphoric ester groups is 1. The van der Waals surface area contributed by atoms with E-state index in [-0.39, 0.29) is 137 Å². The van der Waals surface area contributed by atoms with Crippen molar-refractivity contribution in [3.63, 3.8) is 0 Å². The van der Waals surface area contributed by atoms with Crippen molar-refractivity contribution in [3.05, 3.63) is 52.1 Å². The van der Waals surface area contributed by atoms with Gasteiger partial charge in [0.25, 0.3) is 5.91 Å². The molecule has 3 amide bonds. The molecule has 1 saturated heterocycles. The van der Waals surface area contributed by atoms with Gasteiger partial charge in [0.15, 0.2) is 0 Å². The van der Waals surface area contributed by atoms with Crippen molar-refractivity contribution < 1.29 is 97.7 Å². The number of carboxylic acids is 3. The summed E-state index contributed by atoms with van der Waals surface area (Å²) in [4.78, 5) is 76.6. The van der Waals surface area contributed by atoms with E-state index in [1.807, 2.05) is 39.2 Å². The Morgan fingerprint density at radius 2 is 1.24 bits per heavy atom. The summed E-state index contributed by atoms with van der Waals surface area (Å²) in [5, 5.41) is 29.4. The fourth-order valence-electron chi connectivity index (χ4n) is 6.93. The van der Waals surface area contributed by atoms with E-state index in [4.69, 9.17) is 14.8 Å². The molecule has 1 heterocycles. The van der Waals surface area contributed by atoms with Gasteiger partial charge in [-0.15, -0.1) is 0 Å². The fourth-order valence-corrected chi connectivity index (χ4v) is 7.78. The molecule has 1 aliphatic rings. The van der Waals surface area contributed by atoms with Gasteiger partial charge in [-0.25, -0.2) is 14.8 Å². The van der Waals surface area contributed by atoms with Crippen LogP contribution in [-0.4, -0.2) is 154 Å². The van der Waals surface area contributed by atoms with Gasteiger partial charge < -0.3 is 25.6 Å². The van der Waals surface area contributed by atoms with Crippen molar-refractivity contribution in [2.24, 2.45) is 5.73 Å². The first-order valence-corrected chi connectivity index (χ1v) is 20.0. The Bertz CT molecular complexity index is 1760. The third-order valence-corrected chi connectivity index (χ3v) is 10.5. The van der Waals surface area contributed by atoms with Gasteiger partial charge in [-0.2, -0.15) is 0 Å². The third-order valence-electron chi connectivity index (χ3n) is 9.57. The van der Waals surface area contributed by atoms with Gasteiger partial charge in [-0.05, 0) is 93.0 Å². The molecule has 8 N–H and O–H groups in total. The van der Waals surface area contributed by atoms with Crippen LogP contribution in [0.1, 0.15) is 40.7 Å². The summed E-state index contributed by atoms with van der Waals surface area (Å²) in [5.74, 6) is -3.84. The number of carboxylic acid groups (broad SMARTS) is 3. The van der Waals surface area contributed by atoms with E-state index in [1.54, 1.807) is 32.6 Å². The number of nitrogens with zero attached hydrogens (tertiary/aromatic N) is 4. The molecule has 2 aromatic carbocycles. The monoisotopic (exact) mass is 979 g/mol. The molecule has 3 rings (SSSR count). The molecular formula is C37H56GdN7O12P+3. The fraction of sp³-hybridized carbons (Fsp3) is 0.541. The zero-order valence-electron chi connectivity index (χ0n) is 33.5. The Labute approximate surface area is 370 Å². The Balaban J connectivity index is 0.0000116. The second-order valence-electron chi connectivity index (χ2n) is 14.3. The van der Waals surface area contributed by atoms with Crippen LogP contribution in [0.5, 0.6) is 5.75 Å². The summed E-state index contributed by atoms with van der Waals surface area (Å²) < 4.78 is 23.8. The van der Waals surface area contributed by atoms with Crippen LogP contribution < -0.4 is 21.1 Å². The largest absolute Gasteiger partial charge is 3.00 e. The number of phosphoric acid groups is 1. The van der Waals surface area contributed by atoms with E-state index in [2.05, 4.69) is 17.6 Å². The number of benzene rings is 2. The minimum Gasteiger partial charge on any atom is -0.480 e. The normalized spacial score (nSPS) is 16.7. The number of carbonyl (C=O) groups excluding carboxylic acids is 2. The van der Waals surface area contributed by atoms with Gasteiger partial charge in [0.2, 0.25) is 0 Å². The molecule has 1 fully saturated rings. The molecule has 19 nitrogen and oxygen atoms in total. The van der Waals surface area contributed by atoms with Crippen LogP contribution in [-0.2, 0) is 28.3 Å². The number of primary amides is 1. The number of hydrogen-bond donors (Lipinski definition) is 7. The minimum absolute atomic E-state index is 0. The number of aliphatic carboxylic acids is 3. The molecule has 58 heavy (non-hydrogen) atoms. The summed E-state index contributed by atoms with van der Waals surface area (Å²) in [7, 11) is -4.63. The van der Waals surface area contributed by atoms with Crippen LogP contribution in [0, 0.1) is 74.6 Å². The molecule has 321 valence electrons. The molecule has 0 spiro atoms. The maximum Gasteiger partial charge on any atom is 3.00 e. The number of rotatable bonds is 16. The number of aryl methyl sites for hydroxylation is 5. The van der Waals surface area contributed by atoms with Crippen molar-refractivity contribution in [2.45, 2.75) is 53.5 Å². The van der Waals surface area contributed by atoms with Crippen molar-refractivity contribution in [3.8, 4) is 16.9 Å². The van der Waals surface area contributed by atoms with Crippen LogP contribution in [0.15, 0.2) is 24.3 Å². The molecule has 1 unspecified atom stereocenters. The first kappa shape index (κ1) is 50.8. The number of hydrogen-bond acceptors (Lipinski definition) is 12. The van der Waals surface area contributed by atoms with Crippen molar-refractivity contribution in [1.82, 2.24) is 30.5 Å². The number of urea groups is 1. The number of nitrogens with one attached hydrogen (secondary N) is 2. The first-order chi connectivity index (χ1) is 26.7. The van der Waals surface area contributed by atoms with Gasteiger partial charge in [0.1, 0.15) is 11.8 Å². The SMILES string of the molecule is Cc1cc(C)c(-c2cc(C)c(OP(=O)(O)OCCC[C@H](C(=O)O)N3CCN(CC(=O)O)CCN(CC(=O)NNC(N)=O)CCN(CC(=O)O)CC3)cc2C)c(C)c1.[Gd+3]. The molecule has 0 saturated carbocycles. The Kier molecular flexibility index (Phi) is 21.1. The van der Waals surface area contributed by atoms with E-state index in [0.717, 1.165) is 33.4 Å². The summed E-state index contributed by atoms with van der Waals surface area (Å²) >= 11 is 0. The summed E-state index contributed by atoms with van der Waals surface area (Å²) in [6.45, 7) is 9.65. The van der Waals surface area contributed by atoms with Crippen molar-refractivity contribution >= 4 is 37.7 Å². The van der Waals surface area contributed by atoms with E-state index < -0.39 is 43.7 Å². The van der Waals surface area contributed by atoms with E-state index in [1.165, 1.54) is 0 Å². The van der Waals surface area contributed by atoms with Crippen LogP contribution in [0.25, 0.3) is 11.1 Å². The van der Waals surface area contributed by atoms with Gasteiger partial charge in [0, 0.05) is 52.4 Å². The summed E-state index contributed by atoms with van der Waals surface area (Å²) in [6, 6.07) is 5.69. The summed E-state index contributed by atoms with van der Waals surface area (Å²) in [6.07, 6.45) is 0.0289. The maximum absolute atomic E-state index is 13.1. The average Bonchev–Trinajstić information content (AvgIpc) is 3.08. The molecule has 0 aliphatic carbocycles. The van der Waals surface area contributed by atoms with Gasteiger partial charge >= 0.3 is 71.7 Å². The standard InChI is InChI=1S/C37H56N7O12P.Gd/c1-24-17-27(4)35(28(5)18-24)29-19-26(3)31(20-25(29)2)56-57(53,54)55-16-6-7-30(36(50)51)44-14-12-42(22-33(46)47)10-8-41(21-32(45)39-40-37(38)52)9-11-43(13-15-44)23-34(48)49;/h17-20,30H,6-16,21-23H2,1-5H3,(H,39,45)(H,46,47)(H,48,49)(H,50,51)(H,53,54)(H3,38,40,52);/q;+3/t30-;/m1./s1. The molecule has 1 radical (unpaired) electrons. The minimum atomic E-state index is -4.63. The van der Waals surface area contributed by atoms with Gasteiger partial charge in [-0.1, -0.05) is 17.7 Å². The molecule has 0 bridgehead atoms.